The van der Waals surface area contributed by atoms with Crippen molar-refractivity contribution in [1.29, 1.82) is 0 Å². The van der Waals surface area contributed by atoms with Crippen LogP contribution in [0, 0.1) is 6.92 Å². The molecule has 0 aliphatic carbocycles. The number of aromatic nitrogens is 4. The van der Waals surface area contributed by atoms with Crippen LogP contribution in [-0.2, 0) is 11.2 Å². The van der Waals surface area contributed by atoms with E-state index >= 15 is 0 Å². The van der Waals surface area contributed by atoms with Crippen LogP contribution in [0.1, 0.15) is 28.7 Å². The topological polar surface area (TPSA) is 102 Å². The van der Waals surface area contributed by atoms with E-state index in [9.17, 15) is 9.90 Å². The minimum absolute atomic E-state index is 0.137. The number of amides is 1. The molecule has 8 nitrogen and oxygen atoms in total. The number of carbonyl (C=O) groups excluding carboxylic acids is 1. The Kier molecular flexibility index (Phi) is 6.69. The number of aliphatic hydroxyl groups excluding tert-OH is 1. The third-order valence-electron chi connectivity index (χ3n) is 4.43. The van der Waals surface area contributed by atoms with Crippen LogP contribution in [0.15, 0.2) is 42.9 Å². The Balaban J connectivity index is 2.06. The van der Waals surface area contributed by atoms with Crippen molar-refractivity contribution in [3.63, 3.8) is 0 Å². The number of ether oxygens (including phenoxy) is 1. The molecule has 3 rings (SSSR count). The van der Waals surface area contributed by atoms with Gasteiger partial charge in [0.1, 0.15) is 12.2 Å². The molecule has 0 spiro atoms. The van der Waals surface area contributed by atoms with E-state index in [1.807, 2.05) is 25.1 Å². The number of nitrogens with one attached hydrogen (secondary N) is 1. The first-order chi connectivity index (χ1) is 14.0. The summed E-state index contributed by atoms with van der Waals surface area (Å²) >= 11 is 0. The van der Waals surface area contributed by atoms with Gasteiger partial charge in [0.25, 0.3) is 5.91 Å². The molecule has 1 amide bonds. The monoisotopic (exact) mass is 395 g/mol. The molecule has 0 bridgehead atoms. The van der Waals surface area contributed by atoms with Crippen LogP contribution in [0.4, 0.5) is 0 Å². The van der Waals surface area contributed by atoms with Gasteiger partial charge in [0.05, 0.1) is 24.6 Å². The third kappa shape index (κ3) is 5.04. The molecule has 0 saturated carbocycles. The lowest BCUT2D eigenvalue weighted by molar-refractivity contribution is 0.0922. The van der Waals surface area contributed by atoms with Crippen molar-refractivity contribution in [3.05, 3.63) is 59.8 Å². The molecule has 0 radical (unpaired) electrons. The van der Waals surface area contributed by atoms with Gasteiger partial charge in [0, 0.05) is 36.9 Å². The molecule has 2 N–H and O–H groups in total. The summed E-state index contributed by atoms with van der Waals surface area (Å²) in [6.07, 6.45) is 3.86. The summed E-state index contributed by atoms with van der Waals surface area (Å²) in [6.45, 7) is 4.09. The number of aryl methyl sites for hydroxylation is 1. The molecular formula is C21H25N5O3. The second-order valence-electron chi connectivity index (χ2n) is 6.88. The Bertz CT molecular complexity index is 969. The van der Waals surface area contributed by atoms with E-state index in [0.717, 1.165) is 22.6 Å². The molecular weight excluding hydrogens is 370 g/mol. The fraction of sp³-hybridized carbons (Fsp3) is 0.333. The summed E-state index contributed by atoms with van der Waals surface area (Å²) in [5, 5.41) is 16.4. The molecule has 8 heteroatoms. The fourth-order valence-electron chi connectivity index (χ4n) is 2.85. The zero-order chi connectivity index (χ0) is 20.8. The van der Waals surface area contributed by atoms with E-state index in [0.29, 0.717) is 24.3 Å². The quantitative estimate of drug-likeness (QED) is 0.604. The van der Waals surface area contributed by atoms with Crippen LogP contribution in [0.5, 0.6) is 0 Å². The van der Waals surface area contributed by atoms with Gasteiger partial charge in [-0.2, -0.15) is 5.10 Å². The van der Waals surface area contributed by atoms with E-state index in [1.165, 1.54) is 6.33 Å². The van der Waals surface area contributed by atoms with E-state index < -0.39 is 0 Å². The van der Waals surface area contributed by atoms with Gasteiger partial charge in [-0.25, -0.2) is 9.67 Å². The highest BCUT2D eigenvalue weighted by Crippen LogP contribution is 2.24. The number of aliphatic hydroxyl groups is 1. The largest absolute Gasteiger partial charge is 0.394 e. The van der Waals surface area contributed by atoms with Crippen molar-refractivity contribution in [3.8, 4) is 16.9 Å². The van der Waals surface area contributed by atoms with Gasteiger partial charge < -0.3 is 15.2 Å². The number of carbonyl (C=O) groups is 1. The molecule has 0 saturated heterocycles. The Morgan fingerprint density at radius 3 is 2.79 bits per heavy atom. The minimum atomic E-state index is -0.351. The number of methoxy groups -OCH3 is 1. The number of benzene rings is 1. The molecule has 1 aromatic carbocycles. The van der Waals surface area contributed by atoms with Crippen molar-refractivity contribution in [2.24, 2.45) is 0 Å². The number of hydrogen-bond acceptors (Lipinski definition) is 6. The predicted octanol–water partition coefficient (Wildman–Crippen LogP) is 1.94. The first-order valence-corrected chi connectivity index (χ1v) is 9.40. The highest BCUT2D eigenvalue weighted by Gasteiger charge is 2.15. The van der Waals surface area contributed by atoms with Crippen molar-refractivity contribution in [2.75, 3.05) is 20.3 Å². The average molecular weight is 395 g/mol. The van der Waals surface area contributed by atoms with Gasteiger partial charge in [-0.15, -0.1) is 0 Å². The summed E-state index contributed by atoms with van der Waals surface area (Å²) < 4.78 is 6.85. The summed E-state index contributed by atoms with van der Waals surface area (Å²) in [7, 11) is 1.63. The van der Waals surface area contributed by atoms with Gasteiger partial charge >= 0.3 is 0 Å². The highest BCUT2D eigenvalue weighted by atomic mass is 16.5. The second-order valence-corrected chi connectivity index (χ2v) is 6.88. The fourth-order valence-corrected chi connectivity index (χ4v) is 2.85. The van der Waals surface area contributed by atoms with Gasteiger partial charge in [-0.05, 0) is 43.7 Å². The maximum atomic E-state index is 12.7. The summed E-state index contributed by atoms with van der Waals surface area (Å²) in [5.74, 6) is 0.455. The Labute approximate surface area is 169 Å². The molecule has 2 heterocycles. The van der Waals surface area contributed by atoms with Gasteiger partial charge in [0.15, 0.2) is 0 Å². The lowest BCUT2D eigenvalue weighted by atomic mass is 10.0. The van der Waals surface area contributed by atoms with Crippen LogP contribution in [0.2, 0.25) is 0 Å². The lowest BCUT2D eigenvalue weighted by Gasteiger charge is -2.14. The molecule has 1 atom stereocenters. The van der Waals surface area contributed by atoms with Crippen LogP contribution in [-0.4, -0.2) is 57.1 Å². The number of rotatable bonds is 8. The maximum Gasteiger partial charge on any atom is 0.251 e. The Hall–Kier alpha value is -3.10. The predicted molar refractivity (Wildman–Crippen MR) is 109 cm³/mol. The maximum absolute atomic E-state index is 12.7. The SMILES string of the molecule is COCCc1ncnn1-c1cc(C(=O)N[C@@H](C)CO)cc(-c2ccc(C)cn2)c1. The highest BCUT2D eigenvalue weighted by molar-refractivity contribution is 5.96. The zero-order valence-electron chi connectivity index (χ0n) is 16.8. The Morgan fingerprint density at radius 2 is 2.10 bits per heavy atom. The van der Waals surface area contributed by atoms with E-state index in [4.69, 9.17) is 4.74 Å². The molecule has 0 fully saturated rings. The first kappa shape index (κ1) is 20.6. The van der Waals surface area contributed by atoms with E-state index in [1.54, 1.807) is 37.0 Å². The van der Waals surface area contributed by atoms with E-state index in [2.05, 4.69) is 20.4 Å². The van der Waals surface area contributed by atoms with Crippen LogP contribution in [0.25, 0.3) is 16.9 Å². The Morgan fingerprint density at radius 1 is 1.28 bits per heavy atom. The molecule has 0 aliphatic rings. The van der Waals surface area contributed by atoms with Crippen LogP contribution in [0.3, 0.4) is 0 Å². The smallest absolute Gasteiger partial charge is 0.251 e. The van der Waals surface area contributed by atoms with Gasteiger partial charge in [-0.1, -0.05) is 6.07 Å². The van der Waals surface area contributed by atoms with Gasteiger partial charge in [0.2, 0.25) is 0 Å². The third-order valence-corrected chi connectivity index (χ3v) is 4.43. The molecule has 29 heavy (non-hydrogen) atoms. The average Bonchev–Trinajstić information content (AvgIpc) is 3.20. The first-order valence-electron chi connectivity index (χ1n) is 9.40. The van der Waals surface area contributed by atoms with Crippen molar-refractivity contribution in [2.45, 2.75) is 26.3 Å². The summed E-state index contributed by atoms with van der Waals surface area (Å²) in [6, 6.07) is 9.00. The molecule has 3 aromatic rings. The normalized spacial score (nSPS) is 12.0. The van der Waals surface area contributed by atoms with Crippen LogP contribution < -0.4 is 5.32 Å². The number of nitrogens with zero attached hydrogens (tertiary/aromatic N) is 4. The van der Waals surface area contributed by atoms with Crippen molar-refractivity contribution in [1.82, 2.24) is 25.1 Å². The second kappa shape index (κ2) is 9.40. The number of pyridine rings is 1. The van der Waals surface area contributed by atoms with Crippen molar-refractivity contribution < 1.29 is 14.6 Å². The van der Waals surface area contributed by atoms with Crippen molar-refractivity contribution >= 4 is 5.91 Å². The molecule has 152 valence electrons. The zero-order valence-corrected chi connectivity index (χ0v) is 16.8. The lowest BCUT2D eigenvalue weighted by Crippen LogP contribution is -2.35. The van der Waals surface area contributed by atoms with Gasteiger partial charge in [-0.3, -0.25) is 9.78 Å². The molecule has 2 aromatic heterocycles. The summed E-state index contributed by atoms with van der Waals surface area (Å²) in [5.41, 5.74) is 3.75. The van der Waals surface area contributed by atoms with E-state index in [-0.39, 0.29) is 18.6 Å². The number of hydrogen-bond donors (Lipinski definition) is 2. The molecule has 0 aliphatic heterocycles. The summed E-state index contributed by atoms with van der Waals surface area (Å²) in [4.78, 5) is 21.5. The van der Waals surface area contributed by atoms with Crippen LogP contribution >= 0.6 is 0 Å². The minimum Gasteiger partial charge on any atom is -0.394 e. The molecule has 0 unspecified atom stereocenters. The standard InChI is InChI=1S/C21H25N5O3/c1-14-4-5-19(22-11-14)16-8-17(21(28)25-15(2)12-27)10-18(9-16)26-20(6-7-29-3)23-13-24-26/h4-5,8-11,13,15,27H,6-7,12H2,1-3H3,(H,25,28)/t15-/m0/s1.